The summed E-state index contributed by atoms with van der Waals surface area (Å²) < 4.78 is 31.9. The van der Waals surface area contributed by atoms with Crippen molar-refractivity contribution in [2.45, 2.75) is 31.6 Å². The molecule has 20 heavy (non-hydrogen) atoms. The highest BCUT2D eigenvalue weighted by Gasteiger charge is 2.17. The number of aryl methyl sites for hydroxylation is 1. The van der Waals surface area contributed by atoms with Crippen molar-refractivity contribution in [1.82, 2.24) is 4.72 Å². The van der Waals surface area contributed by atoms with Crippen molar-refractivity contribution in [3.05, 3.63) is 28.2 Å². The highest BCUT2D eigenvalue weighted by Crippen LogP contribution is 2.22. The lowest BCUT2D eigenvalue weighted by Gasteiger charge is -2.09. The Morgan fingerprint density at radius 1 is 1.40 bits per heavy atom. The fraction of sp³-hybridized carbons (Fsp3) is 0.462. The average Bonchev–Trinajstić information content (AvgIpc) is 2.34. The average molecular weight is 364 g/mol. The molecule has 5 nitrogen and oxygen atoms in total. The first kappa shape index (κ1) is 17.1. The van der Waals surface area contributed by atoms with Crippen molar-refractivity contribution in [1.29, 1.82) is 0 Å². The summed E-state index contributed by atoms with van der Waals surface area (Å²) in [6, 6.07) is 5.03. The molecular formula is C13H18BrNO4S. The SMILES string of the molecule is CCOC(=O)CCCNS(=O)(=O)c1ccc(C)cc1Br. The summed E-state index contributed by atoms with van der Waals surface area (Å²) in [5.41, 5.74) is 0.970. The van der Waals surface area contributed by atoms with Gasteiger partial charge < -0.3 is 4.74 Å². The van der Waals surface area contributed by atoms with E-state index in [-0.39, 0.29) is 23.8 Å². The first-order valence-corrected chi connectivity index (χ1v) is 8.56. The van der Waals surface area contributed by atoms with E-state index in [1.807, 2.05) is 6.92 Å². The summed E-state index contributed by atoms with van der Waals surface area (Å²) in [6.45, 7) is 4.14. The summed E-state index contributed by atoms with van der Waals surface area (Å²) in [4.78, 5) is 11.3. The molecule has 0 aliphatic heterocycles. The quantitative estimate of drug-likeness (QED) is 0.596. The molecule has 1 aromatic carbocycles. The Morgan fingerprint density at radius 2 is 2.10 bits per heavy atom. The van der Waals surface area contributed by atoms with Crippen LogP contribution in [0.25, 0.3) is 0 Å². The molecule has 0 aliphatic carbocycles. The zero-order valence-electron chi connectivity index (χ0n) is 11.5. The zero-order valence-corrected chi connectivity index (χ0v) is 13.9. The summed E-state index contributed by atoms with van der Waals surface area (Å²) >= 11 is 3.24. The van der Waals surface area contributed by atoms with Crippen LogP contribution in [-0.2, 0) is 19.6 Å². The minimum Gasteiger partial charge on any atom is -0.466 e. The number of hydrogen-bond donors (Lipinski definition) is 1. The Balaban J connectivity index is 2.56. The number of hydrogen-bond acceptors (Lipinski definition) is 4. The number of ether oxygens (including phenoxy) is 1. The summed E-state index contributed by atoms with van der Waals surface area (Å²) in [5.74, 6) is -0.316. The van der Waals surface area contributed by atoms with E-state index in [2.05, 4.69) is 20.7 Å². The van der Waals surface area contributed by atoms with Crippen molar-refractivity contribution < 1.29 is 17.9 Å². The van der Waals surface area contributed by atoms with Crippen molar-refractivity contribution in [3.8, 4) is 0 Å². The lowest BCUT2D eigenvalue weighted by Crippen LogP contribution is -2.25. The molecule has 0 aliphatic rings. The van der Waals surface area contributed by atoms with Gasteiger partial charge in [-0.1, -0.05) is 6.07 Å². The van der Waals surface area contributed by atoms with Crippen molar-refractivity contribution in [2.75, 3.05) is 13.2 Å². The molecule has 7 heteroatoms. The van der Waals surface area contributed by atoms with Gasteiger partial charge in [-0.15, -0.1) is 0 Å². The summed E-state index contributed by atoms with van der Waals surface area (Å²) in [6.07, 6.45) is 0.604. The van der Waals surface area contributed by atoms with Crippen LogP contribution >= 0.6 is 15.9 Å². The number of benzene rings is 1. The number of esters is 1. The van der Waals surface area contributed by atoms with Gasteiger partial charge in [0.1, 0.15) is 0 Å². The third kappa shape index (κ3) is 5.22. The zero-order chi connectivity index (χ0) is 15.2. The molecule has 0 saturated heterocycles. The van der Waals surface area contributed by atoms with E-state index in [9.17, 15) is 13.2 Å². The Labute approximate surface area is 127 Å². The number of carbonyl (C=O) groups excluding carboxylic acids is 1. The minimum atomic E-state index is -3.57. The monoisotopic (exact) mass is 363 g/mol. The molecule has 0 aromatic heterocycles. The molecule has 1 N–H and O–H groups in total. The van der Waals surface area contributed by atoms with Crippen LogP contribution in [0.4, 0.5) is 0 Å². The molecule has 1 aromatic rings. The normalized spacial score (nSPS) is 11.3. The topological polar surface area (TPSA) is 72.5 Å². The molecule has 0 atom stereocenters. The van der Waals surface area contributed by atoms with Crippen LogP contribution in [0.5, 0.6) is 0 Å². The van der Waals surface area contributed by atoms with Gasteiger partial charge in [-0.3, -0.25) is 4.79 Å². The predicted molar refractivity (Wildman–Crippen MR) is 79.9 cm³/mol. The van der Waals surface area contributed by atoms with Crippen molar-refractivity contribution in [2.24, 2.45) is 0 Å². The van der Waals surface area contributed by atoms with Crippen LogP contribution in [0.15, 0.2) is 27.6 Å². The minimum absolute atomic E-state index is 0.194. The maximum Gasteiger partial charge on any atom is 0.305 e. The molecule has 0 fully saturated rings. The Bertz CT molecular complexity index is 572. The van der Waals surface area contributed by atoms with Crippen LogP contribution < -0.4 is 4.72 Å². The molecule has 1 rings (SSSR count). The van der Waals surface area contributed by atoms with E-state index in [0.717, 1.165) is 5.56 Å². The number of rotatable bonds is 7. The van der Waals surface area contributed by atoms with Crippen LogP contribution in [0.1, 0.15) is 25.3 Å². The Hall–Kier alpha value is -0.920. The van der Waals surface area contributed by atoms with Gasteiger partial charge in [-0.2, -0.15) is 0 Å². The molecule has 0 spiro atoms. The van der Waals surface area contributed by atoms with E-state index in [1.165, 1.54) is 0 Å². The second-order valence-corrected chi connectivity index (χ2v) is 6.83. The van der Waals surface area contributed by atoms with Gasteiger partial charge in [-0.25, -0.2) is 13.1 Å². The highest BCUT2D eigenvalue weighted by molar-refractivity contribution is 9.10. The molecule has 0 heterocycles. The largest absolute Gasteiger partial charge is 0.466 e. The fourth-order valence-corrected chi connectivity index (χ4v) is 3.84. The van der Waals surface area contributed by atoms with Crippen LogP contribution in [0.3, 0.4) is 0 Å². The van der Waals surface area contributed by atoms with Gasteiger partial charge in [-0.05, 0) is 53.9 Å². The lowest BCUT2D eigenvalue weighted by molar-refractivity contribution is -0.143. The molecule has 0 bridgehead atoms. The standard InChI is InChI=1S/C13H18BrNO4S/c1-3-19-13(16)5-4-8-15-20(17,18)12-7-6-10(2)9-11(12)14/h6-7,9,15H,3-5,8H2,1-2H3. The van der Waals surface area contributed by atoms with Crippen LogP contribution in [-0.4, -0.2) is 27.5 Å². The second kappa shape index (κ2) is 7.75. The first-order chi connectivity index (χ1) is 9.36. The number of halogens is 1. The molecule has 112 valence electrons. The van der Waals surface area contributed by atoms with Gasteiger partial charge in [0.15, 0.2) is 0 Å². The summed E-state index contributed by atoms with van der Waals surface area (Å²) in [7, 11) is -3.57. The first-order valence-electron chi connectivity index (χ1n) is 6.28. The van der Waals surface area contributed by atoms with Gasteiger partial charge in [0.25, 0.3) is 0 Å². The summed E-state index contributed by atoms with van der Waals surface area (Å²) in [5, 5.41) is 0. The van der Waals surface area contributed by atoms with Crippen molar-refractivity contribution >= 4 is 31.9 Å². The van der Waals surface area contributed by atoms with E-state index < -0.39 is 10.0 Å². The molecule has 0 saturated carbocycles. The Morgan fingerprint density at radius 3 is 2.70 bits per heavy atom. The number of sulfonamides is 1. The second-order valence-electron chi connectivity index (χ2n) is 4.24. The third-order valence-electron chi connectivity index (χ3n) is 2.53. The predicted octanol–water partition coefficient (Wildman–Crippen LogP) is 2.38. The molecular weight excluding hydrogens is 346 g/mol. The van der Waals surface area contributed by atoms with Gasteiger partial charge in [0.2, 0.25) is 10.0 Å². The molecule has 0 amide bonds. The van der Waals surface area contributed by atoms with E-state index in [0.29, 0.717) is 17.5 Å². The van der Waals surface area contributed by atoms with Gasteiger partial charge in [0.05, 0.1) is 11.5 Å². The van der Waals surface area contributed by atoms with Crippen LogP contribution in [0, 0.1) is 6.92 Å². The maximum atomic E-state index is 12.1. The number of nitrogens with one attached hydrogen (secondary N) is 1. The van der Waals surface area contributed by atoms with Gasteiger partial charge >= 0.3 is 5.97 Å². The van der Waals surface area contributed by atoms with E-state index in [1.54, 1.807) is 25.1 Å². The molecule has 0 radical (unpaired) electrons. The lowest BCUT2D eigenvalue weighted by atomic mass is 10.2. The van der Waals surface area contributed by atoms with Crippen molar-refractivity contribution in [3.63, 3.8) is 0 Å². The van der Waals surface area contributed by atoms with E-state index in [4.69, 9.17) is 4.74 Å². The Kier molecular flexibility index (Phi) is 6.64. The smallest absolute Gasteiger partial charge is 0.305 e. The number of carbonyl (C=O) groups is 1. The van der Waals surface area contributed by atoms with E-state index >= 15 is 0 Å². The van der Waals surface area contributed by atoms with Crippen LogP contribution in [0.2, 0.25) is 0 Å². The highest BCUT2D eigenvalue weighted by atomic mass is 79.9. The molecule has 0 unspecified atom stereocenters. The third-order valence-corrected chi connectivity index (χ3v) is 4.97. The fourth-order valence-electron chi connectivity index (χ4n) is 1.57. The van der Waals surface area contributed by atoms with Gasteiger partial charge in [0, 0.05) is 17.4 Å². The maximum absolute atomic E-state index is 12.1.